The minimum Gasteiger partial charge on any atom is -0.339 e. The molecule has 1 aromatic heterocycles. The van der Waals surface area contributed by atoms with E-state index in [1.54, 1.807) is 0 Å². The molecule has 4 rings (SSSR count). The molecule has 0 unspecified atom stereocenters. The monoisotopic (exact) mass is 434 g/mol. The first kappa shape index (κ1) is 21.3. The molecule has 0 aliphatic carbocycles. The van der Waals surface area contributed by atoms with Crippen molar-refractivity contribution >= 4 is 16.9 Å². The molecule has 164 valence electrons. The van der Waals surface area contributed by atoms with Gasteiger partial charge < -0.3 is 4.90 Å². The van der Waals surface area contributed by atoms with E-state index in [1.165, 1.54) is 34.9 Å². The van der Waals surface area contributed by atoms with Gasteiger partial charge in [0, 0.05) is 31.2 Å². The fourth-order valence-electron chi connectivity index (χ4n) is 3.80. The molecule has 1 aliphatic heterocycles. The third-order valence-electron chi connectivity index (χ3n) is 5.87. The summed E-state index contributed by atoms with van der Waals surface area (Å²) >= 11 is 0. The van der Waals surface area contributed by atoms with Crippen LogP contribution in [0, 0.1) is 5.82 Å². The Morgan fingerprint density at radius 1 is 1.03 bits per heavy atom. The van der Waals surface area contributed by atoms with Gasteiger partial charge in [0.05, 0.1) is 22.2 Å². The second-order valence-electron chi connectivity index (χ2n) is 8.41. The highest BCUT2D eigenvalue weighted by Crippen LogP contribution is 2.31. The molecule has 2 aromatic carbocycles. The maximum Gasteiger partial charge on any atom is 0.416 e. The molecule has 0 N–H and O–H groups in total. The van der Waals surface area contributed by atoms with Crippen molar-refractivity contribution in [2.45, 2.75) is 25.6 Å². The maximum atomic E-state index is 13.8. The third-order valence-corrected chi connectivity index (χ3v) is 5.87. The molecule has 0 atom stereocenters. The van der Waals surface area contributed by atoms with Crippen molar-refractivity contribution in [1.82, 2.24) is 14.5 Å². The van der Waals surface area contributed by atoms with Crippen molar-refractivity contribution in [1.29, 1.82) is 0 Å². The van der Waals surface area contributed by atoms with E-state index in [0.717, 1.165) is 12.1 Å². The molecule has 31 heavy (non-hydrogen) atoms. The highest BCUT2D eigenvalue weighted by atomic mass is 19.4. The predicted octanol–water partition coefficient (Wildman–Crippen LogP) is 4.07. The van der Waals surface area contributed by atoms with Crippen LogP contribution in [0.3, 0.4) is 0 Å². The Hall–Kier alpha value is -2.94. The van der Waals surface area contributed by atoms with E-state index in [2.05, 4.69) is 23.7 Å². The number of aromatic nitrogens is 2. The number of hydrogen-bond acceptors (Lipinski definition) is 4. The van der Waals surface area contributed by atoms with E-state index in [1.807, 2.05) is 11.9 Å². The van der Waals surface area contributed by atoms with Crippen LogP contribution in [-0.2, 0) is 6.18 Å². The number of hydrogen-bond donors (Lipinski definition) is 0. The molecule has 3 aromatic rings. The summed E-state index contributed by atoms with van der Waals surface area (Å²) < 4.78 is 54.2. The van der Waals surface area contributed by atoms with Gasteiger partial charge in [-0.3, -0.25) is 9.69 Å². The summed E-state index contributed by atoms with van der Waals surface area (Å²) in [7, 11) is 2.00. The molecular weight excluding hydrogens is 412 g/mol. The van der Waals surface area contributed by atoms with Gasteiger partial charge in [0.2, 0.25) is 5.95 Å². The van der Waals surface area contributed by atoms with Gasteiger partial charge in [-0.2, -0.15) is 13.2 Å². The minimum atomic E-state index is -4.48. The molecular formula is C22H22F4N4O. The van der Waals surface area contributed by atoms with E-state index >= 15 is 0 Å². The van der Waals surface area contributed by atoms with E-state index in [4.69, 9.17) is 0 Å². The lowest BCUT2D eigenvalue weighted by Gasteiger charge is -2.46. The van der Waals surface area contributed by atoms with Crippen molar-refractivity contribution in [3.8, 4) is 5.69 Å². The lowest BCUT2D eigenvalue weighted by molar-refractivity contribution is -0.137. The van der Waals surface area contributed by atoms with Crippen LogP contribution < -0.4 is 10.5 Å². The third kappa shape index (κ3) is 3.89. The number of piperazine rings is 1. The molecule has 9 heteroatoms. The average Bonchev–Trinajstić information content (AvgIpc) is 2.69. The second-order valence-corrected chi connectivity index (χ2v) is 8.41. The molecule has 0 radical (unpaired) electrons. The Morgan fingerprint density at radius 2 is 1.71 bits per heavy atom. The van der Waals surface area contributed by atoms with Crippen molar-refractivity contribution in [2.75, 3.05) is 31.6 Å². The van der Waals surface area contributed by atoms with Crippen LogP contribution >= 0.6 is 0 Å². The average molecular weight is 434 g/mol. The van der Waals surface area contributed by atoms with Crippen molar-refractivity contribution in [3.63, 3.8) is 0 Å². The van der Waals surface area contributed by atoms with Crippen LogP contribution in [0.15, 0.2) is 47.3 Å². The van der Waals surface area contributed by atoms with Crippen molar-refractivity contribution in [2.24, 2.45) is 0 Å². The SMILES string of the molecule is CN1CCN(c2nc3cc(F)ccc3c(=O)n2-c2ccc(C(F)(F)F)cc2)CC1(C)C. The molecule has 0 spiro atoms. The molecule has 2 heterocycles. The Labute approximate surface area is 176 Å². The van der Waals surface area contributed by atoms with Gasteiger partial charge in [0.15, 0.2) is 0 Å². The van der Waals surface area contributed by atoms with Crippen molar-refractivity contribution in [3.05, 3.63) is 64.2 Å². The lowest BCUT2D eigenvalue weighted by Crippen LogP contribution is -2.58. The van der Waals surface area contributed by atoms with E-state index in [0.29, 0.717) is 19.6 Å². The second kappa shape index (κ2) is 7.33. The van der Waals surface area contributed by atoms with E-state index in [9.17, 15) is 22.4 Å². The Balaban J connectivity index is 1.93. The molecule has 1 aliphatic rings. The number of rotatable bonds is 2. The van der Waals surface area contributed by atoms with Gasteiger partial charge in [-0.25, -0.2) is 13.9 Å². The van der Waals surface area contributed by atoms with Crippen LogP contribution in [0.2, 0.25) is 0 Å². The fraction of sp³-hybridized carbons (Fsp3) is 0.364. The quantitative estimate of drug-likeness (QED) is 0.570. The fourth-order valence-corrected chi connectivity index (χ4v) is 3.80. The largest absolute Gasteiger partial charge is 0.416 e. The van der Waals surface area contributed by atoms with Gasteiger partial charge in [-0.15, -0.1) is 0 Å². The zero-order valence-corrected chi connectivity index (χ0v) is 17.4. The van der Waals surface area contributed by atoms with Crippen molar-refractivity contribution < 1.29 is 17.6 Å². The molecule has 1 saturated heterocycles. The summed E-state index contributed by atoms with van der Waals surface area (Å²) in [5, 5.41) is 0.193. The summed E-state index contributed by atoms with van der Waals surface area (Å²) in [6.07, 6.45) is -4.48. The van der Waals surface area contributed by atoms with Crippen LogP contribution in [-0.4, -0.2) is 46.7 Å². The normalized spacial score (nSPS) is 17.3. The summed E-state index contributed by atoms with van der Waals surface area (Å²) in [5.41, 5.74) is -1.01. The Bertz CT molecular complexity index is 1190. The smallest absolute Gasteiger partial charge is 0.339 e. The summed E-state index contributed by atoms with van der Waals surface area (Å²) in [5.74, 6) is -0.236. The number of benzene rings is 2. The maximum absolute atomic E-state index is 13.8. The Morgan fingerprint density at radius 3 is 2.32 bits per heavy atom. The molecule has 0 amide bonds. The molecule has 5 nitrogen and oxygen atoms in total. The van der Waals surface area contributed by atoms with Crippen LogP contribution in [0.25, 0.3) is 16.6 Å². The summed E-state index contributed by atoms with van der Waals surface area (Å²) in [4.78, 5) is 22.0. The Kier molecular flexibility index (Phi) is 5.04. The van der Waals surface area contributed by atoms with E-state index in [-0.39, 0.29) is 28.1 Å². The zero-order chi connectivity index (χ0) is 22.6. The predicted molar refractivity (Wildman–Crippen MR) is 111 cm³/mol. The van der Waals surface area contributed by atoms with Crippen LogP contribution in [0.5, 0.6) is 0 Å². The highest BCUT2D eigenvalue weighted by molar-refractivity contribution is 5.79. The molecule has 1 fully saturated rings. The topological polar surface area (TPSA) is 41.4 Å². The first-order valence-electron chi connectivity index (χ1n) is 9.83. The minimum absolute atomic E-state index is 0.193. The van der Waals surface area contributed by atoms with Gasteiger partial charge in [-0.1, -0.05) is 0 Å². The number of anilines is 1. The van der Waals surface area contributed by atoms with Gasteiger partial charge in [0.25, 0.3) is 5.56 Å². The number of halogens is 4. The standard InChI is InChI=1S/C22H22F4N4O/c1-21(2)13-29(11-10-28(21)3)20-27-18-12-15(23)6-9-17(18)19(31)30(20)16-7-4-14(5-8-16)22(24,25)26/h4-9,12H,10-11,13H2,1-3H3. The van der Waals surface area contributed by atoms with E-state index < -0.39 is 23.1 Å². The number of likely N-dealkylation sites (N-methyl/N-ethyl adjacent to an activating group) is 1. The van der Waals surface area contributed by atoms with Gasteiger partial charge in [0.1, 0.15) is 5.82 Å². The van der Waals surface area contributed by atoms with Gasteiger partial charge >= 0.3 is 6.18 Å². The molecule has 0 bridgehead atoms. The number of nitrogens with zero attached hydrogens (tertiary/aromatic N) is 4. The van der Waals surface area contributed by atoms with Crippen LogP contribution in [0.1, 0.15) is 19.4 Å². The summed E-state index contributed by atoms with van der Waals surface area (Å²) in [6.45, 7) is 5.92. The first-order chi connectivity index (χ1) is 14.5. The van der Waals surface area contributed by atoms with Crippen LogP contribution in [0.4, 0.5) is 23.5 Å². The number of fused-ring (bicyclic) bond motifs is 1. The molecule has 0 saturated carbocycles. The lowest BCUT2D eigenvalue weighted by atomic mass is 10.00. The summed E-state index contributed by atoms with van der Waals surface area (Å²) in [6, 6.07) is 8.10. The van der Waals surface area contributed by atoms with Gasteiger partial charge in [-0.05, 0) is 57.3 Å². The number of alkyl halides is 3. The first-order valence-corrected chi connectivity index (χ1v) is 9.83. The highest BCUT2D eigenvalue weighted by Gasteiger charge is 2.34. The zero-order valence-electron chi connectivity index (χ0n) is 17.4.